The van der Waals surface area contributed by atoms with Gasteiger partial charge in [0.25, 0.3) is 27.2 Å². The third kappa shape index (κ3) is 12.2. The van der Waals surface area contributed by atoms with Crippen LogP contribution in [0, 0.1) is 0 Å². The summed E-state index contributed by atoms with van der Waals surface area (Å²) in [6.07, 6.45) is 23.6. The molecule has 0 N–H and O–H groups in total. The molecule has 0 saturated heterocycles. The smallest absolute Gasteiger partial charge is 0.281 e. The topological polar surface area (TPSA) is 68.3 Å². The monoisotopic (exact) mass is 448 g/mol. The van der Waals surface area contributed by atoms with Gasteiger partial charge in [-0.1, -0.05) is 65.7 Å². The molecule has 0 atom stereocenters. The van der Waals surface area contributed by atoms with Crippen LogP contribution in [0.25, 0.3) is 0 Å². The van der Waals surface area contributed by atoms with Gasteiger partial charge in [-0.3, -0.25) is 19.2 Å². The molecule has 0 aromatic carbocycles. The molecule has 158 valence electrons. The van der Waals surface area contributed by atoms with Crippen LogP contribution in [0.1, 0.15) is 96.3 Å². The Labute approximate surface area is 184 Å². The Balaban J connectivity index is -0.000000622. The first-order valence-electron chi connectivity index (χ1n) is 10.0. The predicted octanol–water partition coefficient (Wildman–Crippen LogP) is 4.88. The molecule has 3 fully saturated rings. The summed E-state index contributed by atoms with van der Waals surface area (Å²) in [5.74, 6) is 0. The van der Waals surface area contributed by atoms with E-state index in [4.69, 9.17) is 19.2 Å². The number of hydrogen-bond donors (Lipinski definition) is 0. The number of hydrogen-bond acceptors (Lipinski definition) is 4. The van der Waals surface area contributed by atoms with Crippen molar-refractivity contribution < 1.29 is 36.2 Å². The van der Waals surface area contributed by atoms with Crippen molar-refractivity contribution in [3.63, 3.8) is 0 Å². The van der Waals surface area contributed by atoms with Gasteiger partial charge in [0.15, 0.2) is 0 Å². The van der Waals surface area contributed by atoms with Crippen LogP contribution in [0.4, 0.5) is 0 Å². The second kappa shape index (κ2) is 24.7. The maximum Gasteiger partial charge on any atom is 0.281 e. The minimum atomic E-state index is 0. The molecular formula is C22H33FeO4P. The molecule has 0 aromatic heterocycles. The summed E-state index contributed by atoms with van der Waals surface area (Å²) in [4.78, 5) is 30.0. The minimum Gasteiger partial charge on any atom is -0.281 e. The fourth-order valence-electron chi connectivity index (χ4n) is 5.03. The Hall–Kier alpha value is -0.371. The van der Waals surface area contributed by atoms with E-state index in [0.29, 0.717) is 7.92 Å². The molecule has 0 aliphatic heterocycles. The zero-order valence-corrected chi connectivity index (χ0v) is 18.8. The van der Waals surface area contributed by atoms with Gasteiger partial charge >= 0.3 is 0 Å². The van der Waals surface area contributed by atoms with E-state index in [-0.39, 0.29) is 17.1 Å². The standard InChI is InChI=1S/C18H33P.4CO.Fe/c1-4-10-16(11-5-1)19(17-12-6-2-7-13-17)18-14-8-3-9-15-18;4*1-2;/h16-18H,1-15H2;;;;;. The molecule has 3 aliphatic carbocycles. The molecule has 3 saturated carbocycles. The van der Waals surface area contributed by atoms with E-state index >= 15 is 0 Å². The van der Waals surface area contributed by atoms with Gasteiger partial charge in [0.1, 0.15) is 0 Å². The third-order valence-electron chi connectivity index (χ3n) is 5.99. The molecule has 3 aliphatic rings. The van der Waals surface area contributed by atoms with Crippen LogP contribution in [0.2, 0.25) is 0 Å². The van der Waals surface area contributed by atoms with Gasteiger partial charge in [-0.05, 0) is 55.5 Å². The molecule has 0 spiro atoms. The molecule has 6 heteroatoms. The summed E-state index contributed by atoms with van der Waals surface area (Å²) in [6.45, 7) is 18.0. The SMILES string of the molecule is C1CCC(P(C2CCCCC2)C2CCCCC2)CC1.[C]=O.[C]=O.[C]=O.[C]=O.[Fe]. The van der Waals surface area contributed by atoms with Crippen LogP contribution in [-0.2, 0) is 36.2 Å². The molecule has 0 amide bonds. The van der Waals surface area contributed by atoms with Crippen LogP contribution < -0.4 is 0 Å². The van der Waals surface area contributed by atoms with Gasteiger partial charge in [0.2, 0.25) is 0 Å². The van der Waals surface area contributed by atoms with Gasteiger partial charge in [-0.2, -0.15) is 0 Å². The first-order valence-corrected chi connectivity index (χ1v) is 11.6. The number of rotatable bonds is 3. The second-order valence-electron chi connectivity index (χ2n) is 7.32. The van der Waals surface area contributed by atoms with Gasteiger partial charge in [0.05, 0.1) is 0 Å². The van der Waals surface area contributed by atoms with Gasteiger partial charge in [-0.25, -0.2) is 0 Å². The molecule has 0 heterocycles. The number of carbonyl (C=O) groups excluding carboxylic acids is 4. The molecule has 3 rings (SSSR count). The Morgan fingerprint density at radius 3 is 0.750 bits per heavy atom. The molecule has 0 aromatic rings. The van der Waals surface area contributed by atoms with E-state index in [1.54, 1.807) is 77.0 Å². The second-order valence-corrected chi connectivity index (χ2v) is 10.4. The van der Waals surface area contributed by atoms with Gasteiger partial charge < -0.3 is 0 Å². The first kappa shape index (κ1) is 32.3. The zero-order valence-electron chi connectivity index (χ0n) is 16.8. The third-order valence-corrected chi connectivity index (χ3v) is 10.1. The van der Waals surface area contributed by atoms with E-state index in [2.05, 4.69) is 27.2 Å². The van der Waals surface area contributed by atoms with Crippen molar-refractivity contribution >= 4 is 35.1 Å². The summed E-state index contributed by atoms with van der Waals surface area (Å²) in [6, 6.07) is 0. The van der Waals surface area contributed by atoms with E-state index in [0.717, 1.165) is 0 Å². The summed E-state index contributed by atoms with van der Waals surface area (Å²) < 4.78 is 0. The fourth-order valence-corrected chi connectivity index (χ4v) is 9.71. The van der Waals surface area contributed by atoms with Crippen molar-refractivity contribution in [2.45, 2.75) is 113 Å². The largest absolute Gasteiger partial charge is 0.281 e. The van der Waals surface area contributed by atoms with E-state index < -0.39 is 0 Å². The van der Waals surface area contributed by atoms with Crippen molar-refractivity contribution in [3.05, 3.63) is 0 Å². The fraction of sp³-hybridized carbons (Fsp3) is 0.818. The van der Waals surface area contributed by atoms with E-state index in [1.807, 2.05) is 0 Å². The predicted molar refractivity (Wildman–Crippen MR) is 110 cm³/mol. The van der Waals surface area contributed by atoms with E-state index in [9.17, 15) is 0 Å². The molecular weight excluding hydrogens is 415 g/mol. The van der Waals surface area contributed by atoms with Crippen molar-refractivity contribution in [1.82, 2.24) is 0 Å². The Morgan fingerprint density at radius 2 is 0.571 bits per heavy atom. The van der Waals surface area contributed by atoms with Crippen LogP contribution in [0.5, 0.6) is 0 Å². The van der Waals surface area contributed by atoms with Gasteiger partial charge in [-0.15, -0.1) is 0 Å². The summed E-state index contributed by atoms with van der Waals surface area (Å²) >= 11 is 0. The van der Waals surface area contributed by atoms with Gasteiger partial charge in [0, 0.05) is 17.1 Å². The van der Waals surface area contributed by atoms with Crippen molar-refractivity contribution in [3.8, 4) is 0 Å². The van der Waals surface area contributed by atoms with Crippen LogP contribution >= 0.6 is 7.92 Å². The van der Waals surface area contributed by atoms with Crippen LogP contribution in [0.15, 0.2) is 0 Å². The van der Waals surface area contributed by atoms with Crippen molar-refractivity contribution in [2.75, 3.05) is 0 Å². The summed E-state index contributed by atoms with van der Waals surface area (Å²) in [5.41, 5.74) is 3.57. The maximum atomic E-state index is 7.50. The van der Waals surface area contributed by atoms with E-state index in [1.165, 1.54) is 36.2 Å². The molecule has 8 radical (unpaired) electrons. The quantitative estimate of drug-likeness (QED) is 0.456. The Kier molecular flexibility index (Phi) is 28.5. The molecule has 4 nitrogen and oxygen atoms in total. The summed E-state index contributed by atoms with van der Waals surface area (Å²) in [7, 11) is 0.385. The normalized spacial score (nSPS) is 20.2. The molecule has 0 unspecified atom stereocenters. The summed E-state index contributed by atoms with van der Waals surface area (Å²) in [5, 5.41) is 0. The van der Waals surface area contributed by atoms with Crippen LogP contribution in [0.3, 0.4) is 0 Å². The average molecular weight is 448 g/mol. The van der Waals surface area contributed by atoms with Crippen molar-refractivity contribution in [1.29, 1.82) is 0 Å². The minimum absolute atomic E-state index is 0. The Bertz CT molecular complexity index is 267. The molecule has 0 bridgehead atoms. The molecule has 28 heavy (non-hydrogen) atoms. The first-order chi connectivity index (χ1) is 13.4. The zero-order chi connectivity index (χ0) is 20.9. The Morgan fingerprint density at radius 1 is 0.393 bits per heavy atom. The average Bonchev–Trinajstić information content (AvgIpc) is 2.82. The van der Waals surface area contributed by atoms with Crippen LogP contribution in [-0.4, -0.2) is 44.1 Å². The van der Waals surface area contributed by atoms with Crippen molar-refractivity contribution in [2.24, 2.45) is 0 Å². The maximum absolute atomic E-state index is 7.50.